The molecule has 128 valence electrons. The fourth-order valence-corrected chi connectivity index (χ4v) is 4.96. The first-order valence-electron chi connectivity index (χ1n) is 8.60. The summed E-state index contributed by atoms with van der Waals surface area (Å²) in [7, 11) is 0. The molecule has 1 aliphatic heterocycles. The molecule has 1 N–H and O–H groups in total. The first kappa shape index (κ1) is 15.8. The van der Waals surface area contributed by atoms with Gasteiger partial charge in [-0.1, -0.05) is 5.16 Å². The molecule has 5 nitrogen and oxygen atoms in total. The van der Waals surface area contributed by atoms with Gasteiger partial charge >= 0.3 is 0 Å². The normalized spacial score (nSPS) is 23.5. The van der Waals surface area contributed by atoms with Crippen molar-refractivity contribution >= 4 is 17.2 Å². The highest BCUT2D eigenvalue weighted by Crippen LogP contribution is 2.32. The molecule has 1 fully saturated rings. The molecule has 0 radical (unpaired) electrons. The molecule has 4 rings (SSSR count). The molecule has 0 aromatic carbocycles. The molecular weight excluding hydrogens is 324 g/mol. The van der Waals surface area contributed by atoms with Crippen molar-refractivity contribution in [1.29, 1.82) is 0 Å². The zero-order valence-corrected chi connectivity index (χ0v) is 14.6. The number of aromatic nitrogens is 1. The van der Waals surface area contributed by atoms with E-state index in [1.807, 2.05) is 13.0 Å². The SMILES string of the molecule is Cc1cc(C[C@@H]2CN(C(=O)c3scc4c3CCCC4)C[C@H]2O)on1. The van der Waals surface area contributed by atoms with Gasteiger partial charge in [0, 0.05) is 31.5 Å². The van der Waals surface area contributed by atoms with Crippen LogP contribution in [0.25, 0.3) is 0 Å². The number of nitrogens with zero attached hydrogens (tertiary/aromatic N) is 2. The molecule has 1 amide bonds. The van der Waals surface area contributed by atoms with E-state index in [1.165, 1.54) is 24.0 Å². The minimum absolute atomic E-state index is 0.0112. The smallest absolute Gasteiger partial charge is 0.264 e. The summed E-state index contributed by atoms with van der Waals surface area (Å²) in [5.74, 6) is 0.870. The Bertz CT molecular complexity index is 751. The first-order valence-corrected chi connectivity index (χ1v) is 9.48. The molecule has 0 bridgehead atoms. The molecule has 2 atom stereocenters. The highest BCUT2D eigenvalue weighted by Gasteiger charge is 2.36. The predicted molar refractivity (Wildman–Crippen MR) is 91.3 cm³/mol. The molecule has 2 aliphatic rings. The van der Waals surface area contributed by atoms with Gasteiger partial charge in [-0.15, -0.1) is 11.3 Å². The number of fused-ring (bicyclic) bond motifs is 1. The van der Waals surface area contributed by atoms with Crippen LogP contribution in [0.15, 0.2) is 16.0 Å². The third-order valence-electron chi connectivity index (χ3n) is 5.13. The number of hydrogen-bond donors (Lipinski definition) is 1. The van der Waals surface area contributed by atoms with E-state index in [9.17, 15) is 9.90 Å². The van der Waals surface area contributed by atoms with Gasteiger partial charge in [-0.05, 0) is 49.1 Å². The van der Waals surface area contributed by atoms with Crippen LogP contribution >= 0.6 is 11.3 Å². The molecule has 1 aliphatic carbocycles. The Morgan fingerprint density at radius 3 is 3.04 bits per heavy atom. The van der Waals surface area contributed by atoms with Crippen LogP contribution in [0.2, 0.25) is 0 Å². The number of hydrogen-bond acceptors (Lipinski definition) is 5. The van der Waals surface area contributed by atoms with E-state index < -0.39 is 6.10 Å². The second kappa shape index (κ2) is 6.33. The molecule has 0 saturated carbocycles. The molecule has 0 unspecified atom stereocenters. The highest BCUT2D eigenvalue weighted by molar-refractivity contribution is 7.12. The Morgan fingerprint density at radius 2 is 2.25 bits per heavy atom. The van der Waals surface area contributed by atoms with Crippen LogP contribution in [-0.2, 0) is 19.3 Å². The van der Waals surface area contributed by atoms with Gasteiger partial charge < -0.3 is 14.5 Å². The van der Waals surface area contributed by atoms with Crippen LogP contribution in [0.4, 0.5) is 0 Å². The zero-order chi connectivity index (χ0) is 16.7. The summed E-state index contributed by atoms with van der Waals surface area (Å²) >= 11 is 1.57. The van der Waals surface area contributed by atoms with E-state index in [0.717, 1.165) is 29.2 Å². The van der Waals surface area contributed by atoms with Gasteiger partial charge in [-0.2, -0.15) is 0 Å². The Hall–Kier alpha value is -1.66. The van der Waals surface area contributed by atoms with Gasteiger partial charge in [0.2, 0.25) is 0 Å². The average molecular weight is 346 g/mol. The van der Waals surface area contributed by atoms with E-state index in [1.54, 1.807) is 16.2 Å². The monoisotopic (exact) mass is 346 g/mol. The number of amides is 1. The average Bonchev–Trinajstić information content (AvgIpc) is 3.27. The molecule has 3 heterocycles. The molecule has 2 aromatic heterocycles. The van der Waals surface area contributed by atoms with Gasteiger partial charge in [0.1, 0.15) is 5.76 Å². The van der Waals surface area contributed by atoms with E-state index in [4.69, 9.17) is 4.52 Å². The number of carbonyl (C=O) groups excluding carboxylic acids is 1. The number of aliphatic hydroxyl groups excluding tert-OH is 1. The van der Waals surface area contributed by atoms with E-state index in [2.05, 4.69) is 10.5 Å². The lowest BCUT2D eigenvalue weighted by Gasteiger charge is -2.18. The van der Waals surface area contributed by atoms with Crippen molar-refractivity contribution in [2.45, 2.75) is 45.1 Å². The summed E-state index contributed by atoms with van der Waals surface area (Å²) in [4.78, 5) is 15.6. The third-order valence-corrected chi connectivity index (χ3v) is 6.19. The number of carbonyl (C=O) groups is 1. The summed E-state index contributed by atoms with van der Waals surface area (Å²) in [6, 6.07) is 1.90. The van der Waals surface area contributed by atoms with Crippen LogP contribution in [0.1, 0.15) is 45.1 Å². The van der Waals surface area contributed by atoms with Crippen LogP contribution < -0.4 is 0 Å². The lowest BCUT2D eigenvalue weighted by Crippen LogP contribution is -2.29. The van der Waals surface area contributed by atoms with E-state index in [0.29, 0.717) is 19.5 Å². The maximum absolute atomic E-state index is 12.9. The maximum Gasteiger partial charge on any atom is 0.264 e. The van der Waals surface area contributed by atoms with Crippen molar-refractivity contribution in [1.82, 2.24) is 10.1 Å². The Balaban J connectivity index is 1.47. The minimum Gasteiger partial charge on any atom is -0.391 e. The molecular formula is C18H22N2O3S. The largest absolute Gasteiger partial charge is 0.391 e. The van der Waals surface area contributed by atoms with Crippen LogP contribution in [-0.4, -0.2) is 40.3 Å². The van der Waals surface area contributed by atoms with Crippen molar-refractivity contribution in [2.24, 2.45) is 5.92 Å². The van der Waals surface area contributed by atoms with Gasteiger partial charge in [0.05, 0.1) is 16.7 Å². The Morgan fingerprint density at radius 1 is 1.42 bits per heavy atom. The molecule has 24 heavy (non-hydrogen) atoms. The van der Waals surface area contributed by atoms with Crippen molar-refractivity contribution in [3.05, 3.63) is 38.9 Å². The van der Waals surface area contributed by atoms with Crippen LogP contribution in [0, 0.1) is 12.8 Å². The number of rotatable bonds is 3. The maximum atomic E-state index is 12.9. The van der Waals surface area contributed by atoms with Crippen molar-refractivity contribution in [2.75, 3.05) is 13.1 Å². The third kappa shape index (κ3) is 2.89. The minimum atomic E-state index is -0.504. The Labute approximate surface area is 145 Å². The van der Waals surface area contributed by atoms with Crippen LogP contribution in [0.3, 0.4) is 0 Å². The summed E-state index contributed by atoms with van der Waals surface area (Å²) < 4.78 is 5.25. The lowest BCUT2D eigenvalue weighted by atomic mass is 9.94. The van der Waals surface area contributed by atoms with E-state index in [-0.39, 0.29) is 11.8 Å². The lowest BCUT2D eigenvalue weighted by molar-refractivity contribution is 0.0768. The Kier molecular flexibility index (Phi) is 4.18. The summed E-state index contributed by atoms with van der Waals surface area (Å²) in [6.45, 7) is 2.86. The number of likely N-dealkylation sites (tertiary alicyclic amines) is 1. The molecule has 6 heteroatoms. The quantitative estimate of drug-likeness (QED) is 0.928. The zero-order valence-electron chi connectivity index (χ0n) is 13.8. The van der Waals surface area contributed by atoms with Gasteiger partial charge in [0.15, 0.2) is 0 Å². The molecule has 0 spiro atoms. The summed E-state index contributed by atoms with van der Waals surface area (Å²) in [6.07, 6.45) is 4.61. The highest BCUT2D eigenvalue weighted by atomic mass is 32.1. The predicted octanol–water partition coefficient (Wildman–Crippen LogP) is 2.60. The summed E-state index contributed by atoms with van der Waals surface area (Å²) in [5.41, 5.74) is 3.44. The number of thiophene rings is 1. The van der Waals surface area contributed by atoms with Gasteiger partial charge in [-0.25, -0.2) is 0 Å². The number of β-amino-alcohol motifs (C(OH)–C–C–N with tert-alkyl or cyclic N) is 1. The number of aryl methyl sites for hydroxylation is 2. The fraction of sp³-hybridized carbons (Fsp3) is 0.556. The molecule has 1 saturated heterocycles. The summed E-state index contributed by atoms with van der Waals surface area (Å²) in [5, 5.41) is 16.4. The second-order valence-electron chi connectivity index (χ2n) is 6.95. The van der Waals surface area contributed by atoms with Crippen molar-refractivity contribution < 1.29 is 14.4 Å². The van der Waals surface area contributed by atoms with Gasteiger partial charge in [0.25, 0.3) is 5.91 Å². The van der Waals surface area contributed by atoms with Crippen LogP contribution in [0.5, 0.6) is 0 Å². The van der Waals surface area contributed by atoms with E-state index >= 15 is 0 Å². The van der Waals surface area contributed by atoms with Gasteiger partial charge in [-0.3, -0.25) is 4.79 Å². The van der Waals surface area contributed by atoms with Crippen molar-refractivity contribution in [3.8, 4) is 0 Å². The number of aliphatic hydroxyl groups is 1. The fourth-order valence-electron chi connectivity index (χ4n) is 3.83. The molecule has 2 aromatic rings. The van der Waals surface area contributed by atoms with Crippen molar-refractivity contribution in [3.63, 3.8) is 0 Å². The second-order valence-corrected chi connectivity index (χ2v) is 7.83. The topological polar surface area (TPSA) is 66.6 Å². The standard InChI is InChI=1S/C18H22N2O3S/c1-11-6-14(23-19-11)7-13-8-20(9-16(13)21)18(22)17-15-5-3-2-4-12(15)10-24-17/h6,10,13,16,21H,2-5,7-9H2,1H3/t13-,16-/m1/s1. The first-order chi connectivity index (χ1) is 11.6.